The Morgan fingerprint density at radius 1 is 1.11 bits per heavy atom. The number of amides is 1. The van der Waals surface area contributed by atoms with E-state index in [1.165, 1.54) is 6.07 Å². The van der Waals surface area contributed by atoms with Crippen molar-refractivity contribution in [1.29, 1.82) is 0 Å². The first-order valence-corrected chi connectivity index (χ1v) is 14.4. The van der Waals surface area contributed by atoms with Crippen LogP contribution < -0.4 is 19.8 Å². The first kappa shape index (κ1) is 27.4. The SMILES string of the molecule is CCN(CC)c1ccc(Nc2cccc(S(=O)(=O)NC(=O)c3cccnc3N3CC(C)CC3(C)C)n2)cc1.[HH]. The summed E-state index contributed by atoms with van der Waals surface area (Å²) in [6, 6.07) is 15.7. The Hall–Kier alpha value is -3.66. The van der Waals surface area contributed by atoms with Crippen LogP contribution in [0.4, 0.5) is 23.0 Å². The first-order chi connectivity index (χ1) is 18.0. The fourth-order valence-corrected chi connectivity index (χ4v) is 6.04. The summed E-state index contributed by atoms with van der Waals surface area (Å²) in [5.74, 6) is 0.520. The molecule has 1 atom stereocenters. The van der Waals surface area contributed by atoms with Crippen molar-refractivity contribution in [1.82, 2.24) is 14.7 Å². The van der Waals surface area contributed by atoms with Crippen LogP contribution >= 0.6 is 0 Å². The number of rotatable bonds is 9. The Labute approximate surface area is 226 Å². The van der Waals surface area contributed by atoms with Gasteiger partial charge in [0.15, 0.2) is 5.03 Å². The van der Waals surface area contributed by atoms with Gasteiger partial charge in [0.1, 0.15) is 11.6 Å². The van der Waals surface area contributed by atoms with Crippen molar-refractivity contribution in [2.75, 3.05) is 34.8 Å². The third-order valence-electron chi connectivity index (χ3n) is 6.85. The number of nitrogens with zero attached hydrogens (tertiary/aromatic N) is 4. The molecule has 0 bridgehead atoms. The average Bonchev–Trinajstić information content (AvgIpc) is 3.17. The minimum absolute atomic E-state index is 0. The number of aromatic nitrogens is 2. The highest BCUT2D eigenvalue weighted by molar-refractivity contribution is 7.90. The molecule has 0 saturated carbocycles. The third kappa shape index (κ3) is 5.91. The number of nitrogens with one attached hydrogen (secondary N) is 2. The third-order valence-corrected chi connectivity index (χ3v) is 8.09. The zero-order chi connectivity index (χ0) is 27.5. The van der Waals surface area contributed by atoms with E-state index in [4.69, 9.17) is 0 Å². The van der Waals surface area contributed by atoms with Crippen LogP contribution in [0.1, 0.15) is 52.8 Å². The van der Waals surface area contributed by atoms with Gasteiger partial charge in [0.05, 0.1) is 5.56 Å². The van der Waals surface area contributed by atoms with E-state index in [1.54, 1.807) is 30.5 Å². The Kier molecular flexibility index (Phi) is 7.91. The second-order valence-corrected chi connectivity index (χ2v) is 11.9. The molecule has 0 radical (unpaired) electrons. The zero-order valence-electron chi connectivity index (χ0n) is 22.6. The predicted molar refractivity (Wildman–Crippen MR) is 154 cm³/mol. The van der Waals surface area contributed by atoms with Gasteiger partial charge in [0.2, 0.25) is 0 Å². The molecule has 9 nitrogen and oxygen atoms in total. The molecule has 1 aromatic carbocycles. The molecular weight excluding hydrogens is 500 g/mol. The van der Waals surface area contributed by atoms with Gasteiger partial charge in [-0.05, 0) is 88.6 Å². The standard InChI is InChI=1S/C28H36N6O3S.H2/c1-6-33(7-2)22-15-13-21(14-16-22)30-24-11-8-12-25(31-24)38(36,37)32-27(35)23-10-9-17-29-26(23)34-19-20(3)18-28(34,4)5;/h8-17,20H,6-7,18-19H2,1-5H3,(H,30,31)(H,32,35);1H. The molecule has 1 unspecified atom stereocenters. The highest BCUT2D eigenvalue weighted by atomic mass is 32.2. The van der Waals surface area contributed by atoms with E-state index in [0.717, 1.165) is 37.4 Å². The zero-order valence-corrected chi connectivity index (χ0v) is 23.4. The van der Waals surface area contributed by atoms with Gasteiger partial charge >= 0.3 is 0 Å². The molecule has 1 aliphatic rings. The van der Waals surface area contributed by atoms with Gasteiger partial charge in [0.25, 0.3) is 15.9 Å². The summed E-state index contributed by atoms with van der Waals surface area (Å²) in [6.07, 6.45) is 2.57. The summed E-state index contributed by atoms with van der Waals surface area (Å²) >= 11 is 0. The largest absolute Gasteiger partial charge is 0.372 e. The van der Waals surface area contributed by atoms with Gasteiger partial charge in [-0.3, -0.25) is 4.79 Å². The van der Waals surface area contributed by atoms with Gasteiger partial charge in [-0.15, -0.1) is 0 Å². The number of hydrogen-bond acceptors (Lipinski definition) is 8. The molecule has 4 rings (SSSR count). The Balaban J connectivity index is 0.00000420. The number of sulfonamides is 1. The van der Waals surface area contributed by atoms with Crippen molar-refractivity contribution in [3.05, 3.63) is 66.4 Å². The maximum atomic E-state index is 13.2. The Morgan fingerprint density at radius 2 is 1.82 bits per heavy atom. The summed E-state index contributed by atoms with van der Waals surface area (Å²) in [4.78, 5) is 26.2. The number of benzene rings is 1. The molecule has 0 spiro atoms. The van der Waals surface area contributed by atoms with Crippen LogP contribution in [0.15, 0.2) is 65.8 Å². The lowest BCUT2D eigenvalue weighted by Gasteiger charge is -2.33. The quantitative estimate of drug-likeness (QED) is 0.389. The molecule has 2 aromatic heterocycles. The fourth-order valence-electron chi connectivity index (χ4n) is 5.10. The first-order valence-electron chi connectivity index (χ1n) is 12.9. The second kappa shape index (κ2) is 11.0. The molecule has 3 heterocycles. The van der Waals surface area contributed by atoms with Crippen LogP contribution in [0.5, 0.6) is 0 Å². The smallest absolute Gasteiger partial charge is 0.281 e. The molecule has 1 saturated heterocycles. The van der Waals surface area contributed by atoms with Crippen LogP contribution in [-0.4, -0.2) is 49.5 Å². The van der Waals surface area contributed by atoms with E-state index >= 15 is 0 Å². The van der Waals surface area contributed by atoms with E-state index in [-0.39, 0.29) is 17.6 Å². The van der Waals surface area contributed by atoms with Crippen molar-refractivity contribution in [2.45, 2.75) is 51.6 Å². The number of carbonyl (C=O) groups excluding carboxylic acids is 1. The molecule has 204 valence electrons. The fraction of sp³-hybridized carbons (Fsp3) is 0.393. The van der Waals surface area contributed by atoms with Gasteiger partial charge in [0, 0.05) is 44.2 Å². The molecule has 10 heteroatoms. The van der Waals surface area contributed by atoms with Gasteiger partial charge in [-0.25, -0.2) is 14.7 Å². The molecule has 0 aliphatic carbocycles. The van der Waals surface area contributed by atoms with Crippen molar-refractivity contribution in [3.8, 4) is 0 Å². The molecule has 38 heavy (non-hydrogen) atoms. The Bertz CT molecular complexity index is 1390. The lowest BCUT2D eigenvalue weighted by molar-refractivity contribution is 0.0981. The predicted octanol–water partition coefficient (Wildman–Crippen LogP) is 5.06. The molecule has 2 N–H and O–H groups in total. The summed E-state index contributed by atoms with van der Waals surface area (Å²) in [5, 5.41) is 2.89. The number of hydrogen-bond donors (Lipinski definition) is 2. The molecule has 1 fully saturated rings. The summed E-state index contributed by atoms with van der Waals surface area (Å²) in [7, 11) is -4.23. The van der Waals surface area contributed by atoms with Crippen molar-refractivity contribution >= 4 is 38.9 Å². The van der Waals surface area contributed by atoms with Gasteiger partial charge in [-0.2, -0.15) is 8.42 Å². The molecular formula is C28H38N6O3S. The lowest BCUT2D eigenvalue weighted by Crippen LogP contribution is -2.41. The van der Waals surface area contributed by atoms with Crippen LogP contribution in [0, 0.1) is 5.92 Å². The summed E-state index contributed by atoms with van der Waals surface area (Å²) < 4.78 is 28.5. The Morgan fingerprint density at radius 3 is 2.45 bits per heavy atom. The van der Waals surface area contributed by atoms with Crippen LogP contribution in [0.2, 0.25) is 0 Å². The van der Waals surface area contributed by atoms with Gasteiger partial charge in [-0.1, -0.05) is 13.0 Å². The molecule has 1 amide bonds. The lowest BCUT2D eigenvalue weighted by atomic mass is 9.97. The summed E-state index contributed by atoms with van der Waals surface area (Å²) in [6.45, 7) is 13.1. The highest BCUT2D eigenvalue weighted by Gasteiger charge is 2.39. The number of anilines is 4. The minimum Gasteiger partial charge on any atom is -0.372 e. The summed E-state index contributed by atoms with van der Waals surface area (Å²) in [5.41, 5.74) is 1.89. The molecule has 3 aromatic rings. The maximum absolute atomic E-state index is 13.2. The van der Waals surface area contributed by atoms with Crippen molar-refractivity contribution in [3.63, 3.8) is 0 Å². The average molecular weight is 539 g/mol. The van der Waals surface area contributed by atoms with Crippen LogP contribution in [0.25, 0.3) is 0 Å². The maximum Gasteiger partial charge on any atom is 0.281 e. The second-order valence-electron chi connectivity index (χ2n) is 10.2. The van der Waals surface area contributed by atoms with E-state index in [0.29, 0.717) is 17.6 Å². The number of carbonyl (C=O) groups is 1. The van der Waals surface area contributed by atoms with Gasteiger partial charge < -0.3 is 15.1 Å². The highest BCUT2D eigenvalue weighted by Crippen LogP contribution is 2.37. The van der Waals surface area contributed by atoms with E-state index in [1.807, 2.05) is 24.3 Å². The normalized spacial score (nSPS) is 16.8. The minimum atomic E-state index is -4.23. The van der Waals surface area contributed by atoms with E-state index in [9.17, 15) is 13.2 Å². The topological polar surface area (TPSA) is 108 Å². The van der Waals surface area contributed by atoms with Crippen LogP contribution in [0.3, 0.4) is 0 Å². The number of pyridine rings is 2. The monoisotopic (exact) mass is 538 g/mol. The van der Waals surface area contributed by atoms with E-state index in [2.05, 4.69) is 64.4 Å². The van der Waals surface area contributed by atoms with Crippen molar-refractivity contribution in [2.24, 2.45) is 5.92 Å². The van der Waals surface area contributed by atoms with E-state index < -0.39 is 15.9 Å². The molecule has 1 aliphatic heterocycles. The van der Waals surface area contributed by atoms with Crippen LogP contribution in [-0.2, 0) is 10.0 Å². The van der Waals surface area contributed by atoms with Crippen molar-refractivity contribution < 1.29 is 14.6 Å².